The predicted octanol–water partition coefficient (Wildman–Crippen LogP) is 1.64. The quantitative estimate of drug-likeness (QED) is 0.841. The Balaban J connectivity index is 2.26. The lowest BCUT2D eigenvalue weighted by Gasteiger charge is -1.99. The Morgan fingerprint density at radius 1 is 1.40 bits per heavy atom. The van der Waals surface area contributed by atoms with Gasteiger partial charge < -0.3 is 5.73 Å². The number of nitrogen functional groups attached to an aromatic ring is 1. The summed E-state index contributed by atoms with van der Waals surface area (Å²) in [6.07, 6.45) is 0.602. The van der Waals surface area contributed by atoms with Crippen LogP contribution in [0.25, 0.3) is 0 Å². The van der Waals surface area contributed by atoms with Crippen molar-refractivity contribution in [2.24, 2.45) is 7.05 Å². The zero-order chi connectivity index (χ0) is 10.8. The molecule has 1 aromatic heterocycles. The molecule has 2 N–H and O–H groups in total. The molecule has 78 valence electrons. The Labute approximate surface area is 92.7 Å². The normalized spacial score (nSPS) is 10.5. The molecule has 0 saturated heterocycles. The van der Waals surface area contributed by atoms with Crippen LogP contribution in [0.4, 0.5) is 5.95 Å². The molecular weight excluding hydrogens is 212 g/mol. The van der Waals surface area contributed by atoms with Crippen LogP contribution in [-0.4, -0.2) is 14.8 Å². The molecule has 0 aliphatic heterocycles. The van der Waals surface area contributed by atoms with Crippen molar-refractivity contribution in [3.8, 4) is 0 Å². The first-order valence-electron chi connectivity index (χ1n) is 4.55. The van der Waals surface area contributed by atoms with Gasteiger partial charge in [0, 0.05) is 18.5 Å². The van der Waals surface area contributed by atoms with Crippen LogP contribution < -0.4 is 5.73 Å². The van der Waals surface area contributed by atoms with Crippen LogP contribution in [-0.2, 0) is 13.5 Å². The molecule has 4 nitrogen and oxygen atoms in total. The van der Waals surface area contributed by atoms with E-state index in [1.807, 2.05) is 24.3 Å². The number of halogens is 1. The molecule has 0 spiro atoms. The van der Waals surface area contributed by atoms with Gasteiger partial charge >= 0.3 is 0 Å². The first kappa shape index (κ1) is 9.98. The minimum atomic E-state index is 0.414. The predicted molar refractivity (Wildman–Crippen MR) is 59.7 cm³/mol. The van der Waals surface area contributed by atoms with Gasteiger partial charge in [0.15, 0.2) is 5.82 Å². The van der Waals surface area contributed by atoms with Crippen LogP contribution in [0.1, 0.15) is 11.4 Å². The maximum atomic E-state index is 6.03. The molecule has 0 aliphatic rings. The zero-order valence-electron chi connectivity index (χ0n) is 8.31. The maximum Gasteiger partial charge on any atom is 0.218 e. The van der Waals surface area contributed by atoms with E-state index in [9.17, 15) is 0 Å². The fourth-order valence-electron chi connectivity index (χ4n) is 1.34. The maximum absolute atomic E-state index is 6.03. The van der Waals surface area contributed by atoms with E-state index in [0.717, 1.165) is 10.6 Å². The molecule has 5 heteroatoms. The highest BCUT2D eigenvalue weighted by Gasteiger charge is 2.06. The molecule has 0 bridgehead atoms. The van der Waals surface area contributed by atoms with Crippen molar-refractivity contribution in [2.45, 2.75) is 6.42 Å². The molecule has 0 atom stereocenters. The third kappa shape index (κ3) is 2.10. The summed E-state index contributed by atoms with van der Waals surface area (Å²) in [5.41, 5.74) is 6.59. The first-order chi connectivity index (χ1) is 7.16. The molecule has 0 fully saturated rings. The summed E-state index contributed by atoms with van der Waals surface area (Å²) in [7, 11) is 1.76. The molecular formula is C10H11ClN4. The summed E-state index contributed by atoms with van der Waals surface area (Å²) in [6.45, 7) is 0. The van der Waals surface area contributed by atoms with Gasteiger partial charge in [-0.1, -0.05) is 29.8 Å². The molecule has 2 aromatic rings. The smallest absolute Gasteiger partial charge is 0.218 e. The molecule has 0 unspecified atom stereocenters. The minimum Gasteiger partial charge on any atom is -0.368 e. The summed E-state index contributed by atoms with van der Waals surface area (Å²) in [4.78, 5) is 4.12. The number of hydrogen-bond donors (Lipinski definition) is 1. The van der Waals surface area contributed by atoms with E-state index in [1.54, 1.807) is 11.7 Å². The Kier molecular flexibility index (Phi) is 2.60. The minimum absolute atomic E-state index is 0.414. The molecule has 15 heavy (non-hydrogen) atoms. The zero-order valence-corrected chi connectivity index (χ0v) is 9.07. The second kappa shape index (κ2) is 3.90. The fraction of sp³-hybridized carbons (Fsp3) is 0.200. The highest BCUT2D eigenvalue weighted by Crippen LogP contribution is 2.17. The third-order valence-electron chi connectivity index (χ3n) is 2.15. The molecule has 0 radical (unpaired) electrons. The lowest BCUT2D eigenvalue weighted by Crippen LogP contribution is -1.97. The van der Waals surface area contributed by atoms with Gasteiger partial charge in [0.25, 0.3) is 0 Å². The molecule has 2 rings (SSSR count). The van der Waals surface area contributed by atoms with E-state index in [0.29, 0.717) is 18.2 Å². The fourth-order valence-corrected chi connectivity index (χ4v) is 1.54. The topological polar surface area (TPSA) is 56.7 Å². The van der Waals surface area contributed by atoms with Crippen molar-refractivity contribution in [3.05, 3.63) is 40.7 Å². The van der Waals surface area contributed by atoms with Crippen LogP contribution in [0, 0.1) is 0 Å². The summed E-state index contributed by atoms with van der Waals surface area (Å²) in [5, 5.41) is 4.89. The van der Waals surface area contributed by atoms with Crippen molar-refractivity contribution in [1.82, 2.24) is 14.8 Å². The summed E-state index contributed by atoms with van der Waals surface area (Å²) >= 11 is 6.03. The van der Waals surface area contributed by atoms with Crippen LogP contribution in [0.2, 0.25) is 5.02 Å². The van der Waals surface area contributed by atoms with E-state index < -0.39 is 0 Å². The summed E-state index contributed by atoms with van der Waals surface area (Å²) in [6, 6.07) is 7.64. The number of nitrogens with zero attached hydrogens (tertiary/aromatic N) is 3. The van der Waals surface area contributed by atoms with Gasteiger partial charge in [-0.15, -0.1) is 0 Å². The second-order valence-electron chi connectivity index (χ2n) is 3.28. The number of rotatable bonds is 2. The van der Waals surface area contributed by atoms with E-state index in [2.05, 4.69) is 10.1 Å². The second-order valence-corrected chi connectivity index (χ2v) is 3.69. The van der Waals surface area contributed by atoms with Crippen LogP contribution in [0.5, 0.6) is 0 Å². The third-order valence-corrected chi connectivity index (χ3v) is 2.52. The molecule has 0 aliphatic carbocycles. The van der Waals surface area contributed by atoms with E-state index in [-0.39, 0.29) is 0 Å². The number of aryl methyl sites for hydroxylation is 1. The SMILES string of the molecule is Cn1nc(Cc2ccccc2Cl)nc1N. The van der Waals surface area contributed by atoms with Crippen molar-refractivity contribution in [3.63, 3.8) is 0 Å². The Morgan fingerprint density at radius 2 is 2.13 bits per heavy atom. The first-order valence-corrected chi connectivity index (χ1v) is 4.93. The monoisotopic (exact) mass is 222 g/mol. The number of benzene rings is 1. The van der Waals surface area contributed by atoms with Gasteiger partial charge in [-0.05, 0) is 11.6 Å². The average Bonchev–Trinajstić information content (AvgIpc) is 2.50. The van der Waals surface area contributed by atoms with Gasteiger partial charge in [0.05, 0.1) is 0 Å². The number of anilines is 1. The van der Waals surface area contributed by atoms with Gasteiger partial charge in [0.1, 0.15) is 0 Å². The van der Waals surface area contributed by atoms with Gasteiger partial charge in [0.2, 0.25) is 5.95 Å². The van der Waals surface area contributed by atoms with Gasteiger partial charge in [-0.3, -0.25) is 0 Å². The van der Waals surface area contributed by atoms with E-state index in [1.165, 1.54) is 0 Å². The standard InChI is InChI=1S/C10H11ClN4/c1-15-10(12)13-9(14-15)6-7-4-2-3-5-8(7)11/h2-5H,6H2,1H3,(H2,12,13,14). The molecule has 0 saturated carbocycles. The number of aromatic nitrogens is 3. The Hall–Kier alpha value is -1.55. The van der Waals surface area contributed by atoms with Crippen molar-refractivity contribution in [1.29, 1.82) is 0 Å². The van der Waals surface area contributed by atoms with E-state index in [4.69, 9.17) is 17.3 Å². The van der Waals surface area contributed by atoms with Gasteiger partial charge in [-0.2, -0.15) is 10.1 Å². The molecule has 1 aromatic carbocycles. The van der Waals surface area contributed by atoms with E-state index >= 15 is 0 Å². The lowest BCUT2D eigenvalue weighted by molar-refractivity contribution is 0.759. The van der Waals surface area contributed by atoms with Gasteiger partial charge in [-0.25, -0.2) is 4.68 Å². The number of hydrogen-bond acceptors (Lipinski definition) is 3. The highest BCUT2D eigenvalue weighted by molar-refractivity contribution is 6.31. The Morgan fingerprint density at radius 3 is 2.73 bits per heavy atom. The van der Waals surface area contributed by atoms with Crippen molar-refractivity contribution in [2.75, 3.05) is 5.73 Å². The summed E-state index contributed by atoms with van der Waals surface area (Å²) in [5.74, 6) is 1.10. The molecule has 1 heterocycles. The molecule has 0 amide bonds. The lowest BCUT2D eigenvalue weighted by atomic mass is 10.1. The number of nitrogens with two attached hydrogens (primary N) is 1. The average molecular weight is 223 g/mol. The Bertz CT molecular complexity index is 459. The van der Waals surface area contributed by atoms with Crippen LogP contribution >= 0.6 is 11.6 Å². The van der Waals surface area contributed by atoms with Crippen LogP contribution in [0.15, 0.2) is 24.3 Å². The van der Waals surface area contributed by atoms with Crippen molar-refractivity contribution < 1.29 is 0 Å². The van der Waals surface area contributed by atoms with Crippen LogP contribution in [0.3, 0.4) is 0 Å². The van der Waals surface area contributed by atoms with Crippen molar-refractivity contribution >= 4 is 17.5 Å². The largest absolute Gasteiger partial charge is 0.368 e. The summed E-state index contributed by atoms with van der Waals surface area (Å²) < 4.78 is 1.55. The highest BCUT2D eigenvalue weighted by atomic mass is 35.5.